The van der Waals surface area contributed by atoms with E-state index < -0.39 is 5.60 Å². The number of aliphatic imine (C=N–C) groups is 1. The Morgan fingerprint density at radius 3 is 2.67 bits per heavy atom. The molecule has 2 heterocycles. The van der Waals surface area contributed by atoms with E-state index in [0.29, 0.717) is 25.2 Å². The third-order valence-corrected chi connectivity index (χ3v) is 3.54. The maximum absolute atomic E-state index is 12.0. The van der Waals surface area contributed by atoms with Crippen molar-refractivity contribution in [3.05, 3.63) is 35.9 Å². The summed E-state index contributed by atoms with van der Waals surface area (Å²) in [5.41, 5.74) is 0.449. The minimum absolute atomic E-state index is 0.102. The Morgan fingerprint density at radius 1 is 1.22 bits per heavy atom. The molecule has 1 aromatic carbocycles. The lowest BCUT2D eigenvalue weighted by Gasteiger charge is -2.30. The molecule has 1 saturated heterocycles. The fourth-order valence-electron chi connectivity index (χ4n) is 2.50. The van der Waals surface area contributed by atoms with Gasteiger partial charge in [-0.25, -0.2) is 0 Å². The van der Waals surface area contributed by atoms with Crippen LogP contribution in [-0.2, 0) is 16.0 Å². The molecule has 1 fully saturated rings. The zero-order valence-electron chi connectivity index (χ0n) is 10.2. The normalized spacial score (nSPS) is 21.8. The highest BCUT2D eigenvalue weighted by atomic mass is 16.5. The highest BCUT2D eigenvalue weighted by Gasteiger charge is 2.46. The monoisotopic (exact) mass is 244 g/mol. The van der Waals surface area contributed by atoms with Crippen LogP contribution in [0, 0.1) is 0 Å². The van der Waals surface area contributed by atoms with E-state index >= 15 is 0 Å². The van der Waals surface area contributed by atoms with E-state index in [1.54, 1.807) is 0 Å². The van der Waals surface area contributed by atoms with Gasteiger partial charge in [0.05, 0.1) is 0 Å². The van der Waals surface area contributed by atoms with Gasteiger partial charge in [-0.3, -0.25) is 4.79 Å². The number of carbonyl (C=O) groups excluding carboxylic acids is 1. The van der Waals surface area contributed by atoms with Crippen LogP contribution in [0.2, 0.25) is 0 Å². The predicted octanol–water partition coefficient (Wildman–Crippen LogP) is 1.31. The van der Waals surface area contributed by atoms with Crippen LogP contribution in [0.1, 0.15) is 18.4 Å². The summed E-state index contributed by atoms with van der Waals surface area (Å²) in [4.78, 5) is 16.1. The fraction of sp³-hybridized carbons (Fsp3) is 0.429. The number of nitrogens with one attached hydrogen (secondary N) is 1. The zero-order chi connectivity index (χ0) is 12.4. The van der Waals surface area contributed by atoms with Gasteiger partial charge in [0.2, 0.25) is 0 Å². The first-order valence-corrected chi connectivity index (χ1v) is 6.34. The van der Waals surface area contributed by atoms with Crippen molar-refractivity contribution in [1.29, 1.82) is 0 Å². The summed E-state index contributed by atoms with van der Waals surface area (Å²) in [5, 5.41) is 3.24. The van der Waals surface area contributed by atoms with Crippen molar-refractivity contribution in [3.8, 4) is 0 Å². The van der Waals surface area contributed by atoms with Gasteiger partial charge in [-0.2, -0.15) is 4.99 Å². The molecule has 1 aromatic rings. The molecular formula is C14H16N2O2. The summed E-state index contributed by atoms with van der Waals surface area (Å²) in [5.74, 6) is 0.461. The Labute approximate surface area is 106 Å². The van der Waals surface area contributed by atoms with Gasteiger partial charge in [-0.15, -0.1) is 0 Å². The molecule has 0 radical (unpaired) electrons. The van der Waals surface area contributed by atoms with Crippen LogP contribution in [0.15, 0.2) is 35.3 Å². The Balaban J connectivity index is 1.73. The summed E-state index contributed by atoms with van der Waals surface area (Å²) >= 11 is 0. The van der Waals surface area contributed by atoms with E-state index in [9.17, 15) is 4.79 Å². The van der Waals surface area contributed by atoms with E-state index in [0.717, 1.165) is 18.7 Å². The topological polar surface area (TPSA) is 50.7 Å². The molecule has 1 amide bonds. The molecule has 4 heteroatoms. The fourth-order valence-corrected chi connectivity index (χ4v) is 2.50. The molecule has 94 valence electrons. The largest absolute Gasteiger partial charge is 0.464 e. The lowest BCUT2D eigenvalue weighted by Crippen LogP contribution is -2.47. The molecule has 0 bridgehead atoms. The van der Waals surface area contributed by atoms with Gasteiger partial charge in [0.25, 0.3) is 5.91 Å². The Bertz CT molecular complexity index is 476. The Morgan fingerprint density at radius 2 is 1.94 bits per heavy atom. The van der Waals surface area contributed by atoms with E-state index in [2.05, 4.69) is 10.3 Å². The molecule has 1 N–H and O–H groups in total. The first-order valence-electron chi connectivity index (χ1n) is 6.34. The number of piperidine rings is 1. The maximum atomic E-state index is 12.0. The molecule has 0 unspecified atom stereocenters. The van der Waals surface area contributed by atoms with E-state index in [4.69, 9.17) is 4.74 Å². The summed E-state index contributed by atoms with van der Waals surface area (Å²) in [6.45, 7) is 1.64. The van der Waals surface area contributed by atoms with Gasteiger partial charge >= 0.3 is 0 Å². The molecule has 0 aromatic heterocycles. The van der Waals surface area contributed by atoms with Crippen LogP contribution in [0.3, 0.4) is 0 Å². The Hall–Kier alpha value is -1.68. The molecular weight excluding hydrogens is 228 g/mol. The van der Waals surface area contributed by atoms with E-state index in [1.807, 2.05) is 30.3 Å². The number of nitrogens with zero attached hydrogens (tertiary/aromatic N) is 1. The quantitative estimate of drug-likeness (QED) is 0.853. The molecule has 3 rings (SSSR count). The van der Waals surface area contributed by atoms with Gasteiger partial charge in [0.15, 0.2) is 11.5 Å². The van der Waals surface area contributed by atoms with Crippen molar-refractivity contribution in [3.63, 3.8) is 0 Å². The van der Waals surface area contributed by atoms with E-state index in [1.165, 1.54) is 0 Å². The van der Waals surface area contributed by atoms with Crippen molar-refractivity contribution in [2.24, 2.45) is 4.99 Å². The minimum Gasteiger partial charge on any atom is -0.464 e. The first kappa shape index (κ1) is 11.4. The molecule has 2 aliphatic heterocycles. The Kier molecular flexibility index (Phi) is 2.88. The van der Waals surface area contributed by atoms with Crippen molar-refractivity contribution in [1.82, 2.24) is 5.32 Å². The second-order valence-electron chi connectivity index (χ2n) is 4.82. The van der Waals surface area contributed by atoms with Crippen LogP contribution >= 0.6 is 0 Å². The molecule has 0 saturated carbocycles. The number of hydrogen-bond acceptors (Lipinski definition) is 3. The summed E-state index contributed by atoms with van der Waals surface area (Å²) in [7, 11) is 0. The van der Waals surface area contributed by atoms with Crippen molar-refractivity contribution in [2.45, 2.75) is 24.9 Å². The number of carbonyl (C=O) groups is 1. The maximum Gasteiger partial charge on any atom is 0.292 e. The lowest BCUT2D eigenvalue weighted by molar-refractivity contribution is -0.132. The molecule has 4 nitrogen and oxygen atoms in total. The van der Waals surface area contributed by atoms with Crippen molar-refractivity contribution >= 4 is 11.8 Å². The van der Waals surface area contributed by atoms with Gasteiger partial charge in [-0.05, 0) is 18.7 Å². The number of rotatable bonds is 2. The lowest BCUT2D eigenvalue weighted by atomic mass is 9.92. The number of hydrogen-bond donors (Lipinski definition) is 1. The number of ether oxygens (including phenoxy) is 1. The highest BCUT2D eigenvalue weighted by molar-refractivity contribution is 6.02. The third-order valence-electron chi connectivity index (χ3n) is 3.54. The predicted molar refractivity (Wildman–Crippen MR) is 68.5 cm³/mol. The molecule has 0 aliphatic carbocycles. The first-order chi connectivity index (χ1) is 8.78. The minimum atomic E-state index is -0.671. The number of benzene rings is 1. The van der Waals surface area contributed by atoms with Gasteiger partial charge in [0, 0.05) is 19.3 Å². The van der Waals surface area contributed by atoms with Gasteiger partial charge in [-0.1, -0.05) is 30.3 Å². The SMILES string of the molecule is O=C1N=C(Cc2ccccc2)OC12CCNCC2. The van der Waals surface area contributed by atoms with Crippen LogP contribution < -0.4 is 5.32 Å². The smallest absolute Gasteiger partial charge is 0.292 e. The van der Waals surface area contributed by atoms with Crippen LogP contribution in [0.4, 0.5) is 0 Å². The zero-order valence-corrected chi connectivity index (χ0v) is 10.2. The van der Waals surface area contributed by atoms with Crippen molar-refractivity contribution < 1.29 is 9.53 Å². The molecule has 18 heavy (non-hydrogen) atoms. The highest BCUT2D eigenvalue weighted by Crippen LogP contribution is 2.30. The summed E-state index contributed by atoms with van der Waals surface area (Å²) in [6.07, 6.45) is 2.03. The molecule has 1 spiro atoms. The van der Waals surface area contributed by atoms with Crippen LogP contribution in [-0.4, -0.2) is 30.5 Å². The number of amides is 1. The standard InChI is InChI=1S/C14H16N2O2/c17-13-14(6-8-15-9-7-14)18-12(16-13)10-11-4-2-1-3-5-11/h1-5,15H,6-10H2. The second-order valence-corrected chi connectivity index (χ2v) is 4.82. The average Bonchev–Trinajstić information content (AvgIpc) is 2.68. The molecule has 2 aliphatic rings. The summed E-state index contributed by atoms with van der Waals surface area (Å²) in [6, 6.07) is 9.97. The third kappa shape index (κ3) is 2.04. The van der Waals surface area contributed by atoms with Crippen LogP contribution in [0.5, 0.6) is 0 Å². The molecule has 0 atom stereocenters. The van der Waals surface area contributed by atoms with Gasteiger partial charge < -0.3 is 10.1 Å². The second kappa shape index (κ2) is 4.53. The van der Waals surface area contributed by atoms with Crippen molar-refractivity contribution in [2.75, 3.05) is 13.1 Å². The summed E-state index contributed by atoms with van der Waals surface area (Å²) < 4.78 is 5.87. The van der Waals surface area contributed by atoms with Crippen LogP contribution in [0.25, 0.3) is 0 Å². The average molecular weight is 244 g/mol. The van der Waals surface area contributed by atoms with E-state index in [-0.39, 0.29) is 5.91 Å². The van der Waals surface area contributed by atoms with Gasteiger partial charge in [0.1, 0.15) is 0 Å².